The molecule has 1 N–H and O–H groups in total. The maximum atomic E-state index is 14.8. The van der Waals surface area contributed by atoms with Crippen molar-refractivity contribution >= 4 is 28.8 Å². The Labute approximate surface area is 342 Å². The molecule has 0 radical (unpaired) electrons. The maximum absolute atomic E-state index is 14.8. The molecule has 1 fully saturated rings. The number of Topliss-reactive ketones (excluding diaryl/α,β-unsaturated/α-hetero) is 1. The van der Waals surface area contributed by atoms with Crippen LogP contribution in [0.1, 0.15) is 55.2 Å². The third-order valence-electron chi connectivity index (χ3n) is 10.5. The largest absolute Gasteiger partial charge is 0.495 e. The molecule has 0 spiro atoms. The molecule has 5 aromatic rings. The van der Waals surface area contributed by atoms with Gasteiger partial charge in [-0.15, -0.1) is 0 Å². The van der Waals surface area contributed by atoms with Crippen molar-refractivity contribution in [3.05, 3.63) is 130 Å². The second kappa shape index (κ2) is 17.9. The standard InChI is InChI=1S/C42H37F8N5O6/c1-40(2,38(58)60-61-39(59)42(48,49)50)54-20-17-27(18-21-54)52-35(26-13-15-28(24-8-4-3-5-9-24)30(22-26)41(45,46)47)32(56)23-55-33(16-14-25-10-6-12-31(43)34(25)44)53-37(57)29-11-7-19-51-36(29)55/h3-13,15,19,22,27,35,52H,14,16-18,20-21,23H2,1-2H3. The summed E-state index contributed by atoms with van der Waals surface area (Å²) in [6, 6.07) is 15.8. The molecule has 0 amide bonds. The first-order chi connectivity index (χ1) is 28.8. The third-order valence-corrected chi connectivity index (χ3v) is 10.5. The second-order valence-electron chi connectivity index (χ2n) is 14.8. The molecule has 2 aromatic heterocycles. The molecule has 0 aliphatic carbocycles. The van der Waals surface area contributed by atoms with Crippen LogP contribution in [0, 0.1) is 11.6 Å². The normalized spacial score (nSPS) is 14.8. The Morgan fingerprint density at radius 2 is 1.54 bits per heavy atom. The zero-order valence-corrected chi connectivity index (χ0v) is 32.4. The van der Waals surface area contributed by atoms with Crippen LogP contribution in [0.4, 0.5) is 35.1 Å². The van der Waals surface area contributed by atoms with Gasteiger partial charge >= 0.3 is 24.3 Å². The summed E-state index contributed by atoms with van der Waals surface area (Å²) in [5, 5.41) is 3.20. The van der Waals surface area contributed by atoms with E-state index in [-0.39, 0.29) is 77.9 Å². The van der Waals surface area contributed by atoms with E-state index in [1.165, 1.54) is 73.1 Å². The molecule has 61 heavy (non-hydrogen) atoms. The average molecular weight is 860 g/mol. The van der Waals surface area contributed by atoms with E-state index < -0.39 is 77.0 Å². The number of aryl methyl sites for hydroxylation is 2. The topological polar surface area (TPSA) is 133 Å². The minimum atomic E-state index is -5.41. The number of fused-ring (bicyclic) bond motifs is 1. The summed E-state index contributed by atoms with van der Waals surface area (Å²) < 4.78 is 112. The number of benzene rings is 3. The molecule has 1 atom stereocenters. The minimum Gasteiger partial charge on any atom is -0.306 e. The Morgan fingerprint density at radius 1 is 0.852 bits per heavy atom. The van der Waals surface area contributed by atoms with Crippen molar-refractivity contribution in [3.63, 3.8) is 0 Å². The molecular weight excluding hydrogens is 822 g/mol. The van der Waals surface area contributed by atoms with Crippen molar-refractivity contribution in [3.8, 4) is 11.1 Å². The number of carbonyl (C=O) groups excluding carboxylic acids is 3. The predicted molar refractivity (Wildman–Crippen MR) is 202 cm³/mol. The molecular formula is C42H37F8N5O6. The van der Waals surface area contributed by atoms with Gasteiger partial charge in [0.25, 0.3) is 5.56 Å². The number of hydrogen-bond acceptors (Lipinski definition) is 10. The highest BCUT2D eigenvalue weighted by atomic mass is 19.4. The Morgan fingerprint density at radius 3 is 2.21 bits per heavy atom. The van der Waals surface area contributed by atoms with Gasteiger partial charge in [0.15, 0.2) is 17.4 Å². The number of nitrogens with zero attached hydrogens (tertiary/aromatic N) is 4. The lowest BCUT2D eigenvalue weighted by atomic mass is 9.91. The van der Waals surface area contributed by atoms with Crippen LogP contribution in [-0.4, -0.2) is 68.0 Å². The highest BCUT2D eigenvalue weighted by molar-refractivity contribution is 5.87. The molecule has 3 aromatic carbocycles. The fraction of sp³-hybridized carbons (Fsp3) is 0.333. The van der Waals surface area contributed by atoms with Crippen LogP contribution in [-0.2, 0) is 49.7 Å². The fourth-order valence-corrected chi connectivity index (χ4v) is 7.15. The lowest BCUT2D eigenvalue weighted by Crippen LogP contribution is -2.56. The highest BCUT2D eigenvalue weighted by Gasteiger charge is 2.45. The summed E-state index contributed by atoms with van der Waals surface area (Å²) >= 11 is 0. The number of likely N-dealkylation sites (tertiary alicyclic amines) is 1. The number of hydrogen-bond donors (Lipinski definition) is 1. The van der Waals surface area contributed by atoms with E-state index in [2.05, 4.69) is 25.1 Å². The van der Waals surface area contributed by atoms with Gasteiger partial charge in [0.2, 0.25) is 0 Å². The molecule has 11 nitrogen and oxygen atoms in total. The van der Waals surface area contributed by atoms with Crippen LogP contribution in [0.2, 0.25) is 0 Å². The van der Waals surface area contributed by atoms with Gasteiger partial charge in [0.05, 0.1) is 23.5 Å². The predicted octanol–water partition coefficient (Wildman–Crippen LogP) is 7.25. The lowest BCUT2D eigenvalue weighted by Gasteiger charge is -2.41. The molecule has 0 bridgehead atoms. The number of halogens is 8. The van der Waals surface area contributed by atoms with E-state index >= 15 is 0 Å². The molecule has 1 aliphatic heterocycles. The number of alkyl halides is 6. The Kier molecular flexibility index (Phi) is 13.0. The molecule has 19 heteroatoms. The highest BCUT2D eigenvalue weighted by Crippen LogP contribution is 2.39. The van der Waals surface area contributed by atoms with Gasteiger partial charge in [0, 0.05) is 31.7 Å². The van der Waals surface area contributed by atoms with Crippen molar-refractivity contribution in [1.82, 2.24) is 24.8 Å². The molecule has 3 heterocycles. The van der Waals surface area contributed by atoms with Crippen molar-refractivity contribution in [1.29, 1.82) is 0 Å². The number of aromatic nitrogens is 3. The van der Waals surface area contributed by atoms with Gasteiger partial charge in [-0.2, -0.15) is 31.3 Å². The molecule has 6 rings (SSSR count). The maximum Gasteiger partial charge on any atom is 0.495 e. The van der Waals surface area contributed by atoms with Gasteiger partial charge in [0.1, 0.15) is 17.0 Å². The van der Waals surface area contributed by atoms with Crippen LogP contribution < -0.4 is 10.9 Å². The van der Waals surface area contributed by atoms with E-state index in [1.807, 2.05) is 0 Å². The molecule has 0 saturated carbocycles. The zero-order chi connectivity index (χ0) is 44.3. The molecule has 1 aliphatic rings. The van der Waals surface area contributed by atoms with E-state index in [0.717, 1.165) is 12.1 Å². The van der Waals surface area contributed by atoms with E-state index in [0.29, 0.717) is 0 Å². The van der Waals surface area contributed by atoms with Gasteiger partial charge in [-0.25, -0.2) is 33.1 Å². The summed E-state index contributed by atoms with van der Waals surface area (Å²) in [6.45, 7) is 2.23. The van der Waals surface area contributed by atoms with Crippen LogP contribution >= 0.6 is 0 Å². The van der Waals surface area contributed by atoms with Crippen LogP contribution in [0.3, 0.4) is 0 Å². The first-order valence-electron chi connectivity index (χ1n) is 18.8. The van der Waals surface area contributed by atoms with Gasteiger partial charge in [-0.1, -0.05) is 54.6 Å². The number of piperidine rings is 1. The van der Waals surface area contributed by atoms with Gasteiger partial charge in [-0.3, -0.25) is 14.5 Å². The summed E-state index contributed by atoms with van der Waals surface area (Å²) in [5.41, 5.74) is -3.28. The Balaban J connectivity index is 1.33. The Bertz CT molecular complexity index is 2490. The summed E-state index contributed by atoms with van der Waals surface area (Å²) in [7, 11) is 0. The van der Waals surface area contributed by atoms with Crippen molar-refractivity contribution in [2.24, 2.45) is 0 Å². The van der Waals surface area contributed by atoms with Gasteiger partial charge < -0.3 is 9.88 Å². The smallest absolute Gasteiger partial charge is 0.306 e. The number of nitrogens with one attached hydrogen (secondary N) is 1. The summed E-state index contributed by atoms with van der Waals surface area (Å²) in [4.78, 5) is 69.5. The molecule has 1 unspecified atom stereocenters. The Hall–Kier alpha value is -6.08. The number of ketones is 1. The lowest BCUT2D eigenvalue weighted by molar-refractivity contribution is -0.290. The van der Waals surface area contributed by atoms with Gasteiger partial charge in [-0.05, 0) is 79.6 Å². The third kappa shape index (κ3) is 10.1. The van der Waals surface area contributed by atoms with Crippen molar-refractivity contribution in [2.45, 2.75) is 76.1 Å². The molecule has 322 valence electrons. The monoisotopic (exact) mass is 859 g/mol. The summed E-state index contributed by atoms with van der Waals surface area (Å²) in [6.07, 6.45) is -8.88. The first kappa shape index (κ1) is 44.5. The average Bonchev–Trinajstić information content (AvgIpc) is 3.23. The minimum absolute atomic E-state index is 0.0167. The van der Waals surface area contributed by atoms with E-state index in [9.17, 15) is 54.3 Å². The van der Waals surface area contributed by atoms with Crippen LogP contribution in [0.5, 0.6) is 0 Å². The number of pyridine rings is 1. The van der Waals surface area contributed by atoms with E-state index in [4.69, 9.17) is 0 Å². The van der Waals surface area contributed by atoms with Crippen molar-refractivity contribution < 1.29 is 59.3 Å². The van der Waals surface area contributed by atoms with Crippen LogP contribution in [0.25, 0.3) is 22.2 Å². The summed E-state index contributed by atoms with van der Waals surface area (Å²) in [5.74, 6) is -6.93. The fourth-order valence-electron chi connectivity index (χ4n) is 7.15. The first-order valence-corrected chi connectivity index (χ1v) is 18.8. The zero-order valence-electron chi connectivity index (χ0n) is 32.4. The SMILES string of the molecule is CC(C)(C(=O)OOC(=O)C(F)(F)F)N1CCC(NC(C(=O)Cn2c(CCc3cccc(F)c3F)nc(=O)c3cccnc32)c2ccc(-c3ccccc3)c(C(F)(F)F)c2)CC1. The second-order valence-corrected chi connectivity index (χ2v) is 14.8. The van der Waals surface area contributed by atoms with Crippen molar-refractivity contribution in [2.75, 3.05) is 13.1 Å². The quantitative estimate of drug-likeness (QED) is 0.0778. The number of carbonyl (C=O) groups is 3. The number of rotatable bonds is 12. The molecule has 1 saturated heterocycles. The van der Waals surface area contributed by atoms with E-state index in [1.54, 1.807) is 23.1 Å². The van der Waals surface area contributed by atoms with Crippen LogP contribution in [0.15, 0.2) is 89.9 Å².